The topological polar surface area (TPSA) is 159 Å². The lowest BCUT2D eigenvalue weighted by atomic mass is 9.79. The van der Waals surface area contributed by atoms with Crippen LogP contribution in [-0.4, -0.2) is 97.7 Å². The van der Waals surface area contributed by atoms with Gasteiger partial charge in [0, 0.05) is 77.8 Å². The number of nitrogens with zero attached hydrogens (tertiary/aromatic N) is 4. The smallest absolute Gasteiger partial charge is 0.423 e. The number of aromatic nitrogens is 2. The van der Waals surface area contributed by atoms with Gasteiger partial charge in [-0.25, -0.2) is 9.97 Å². The van der Waals surface area contributed by atoms with Crippen LogP contribution in [0.15, 0.2) is 121 Å². The van der Waals surface area contributed by atoms with Crippen LogP contribution < -0.4 is 30.6 Å². The maximum Gasteiger partial charge on any atom is 0.573 e. The number of rotatable bonds is 11. The zero-order valence-corrected chi connectivity index (χ0v) is 37.3. The number of benzene rings is 4. The highest BCUT2D eigenvalue weighted by molar-refractivity contribution is 6.58. The summed E-state index contributed by atoms with van der Waals surface area (Å²) in [6.45, 7) is 10.7. The first-order chi connectivity index (χ1) is 31.6. The number of morpholine rings is 2. The number of alkyl halides is 3. The molecular weight excluding hydrogens is 876 g/mol. The molecule has 0 amide bonds. The van der Waals surface area contributed by atoms with Crippen molar-refractivity contribution < 1.29 is 47.0 Å². The van der Waals surface area contributed by atoms with Gasteiger partial charge in [-0.05, 0) is 80.8 Å². The standard InChI is InChI=1S/C24H22F3N3O3.C16H18ClN3O.C8H9BO3/c1-16(31)17-3-2-4-18(13-17)22-14-20(15-23(29-22)30-9-11-32-12-10-30)28-19-5-7-21(8-6-19)33-24(25,26)27;1-12-2-4-13(5-3-12)18-14-10-15(17)19-16(11-14)20-6-8-21-9-7-20;1-6(10)7-3-2-4-8(5-7)9(11)12/h2-8,13-15H,9-12H2,1H3,(H,28,29);2-5,10-11H,6-9H2,1H3,(H,18,19);2-5,11-12H,1H3. The molecular formula is C48H49BClF3N6O7. The molecule has 344 valence electrons. The molecule has 4 N–H and O–H groups in total. The predicted octanol–water partition coefficient (Wildman–Crippen LogP) is 8.62. The highest BCUT2D eigenvalue weighted by Gasteiger charge is 2.31. The van der Waals surface area contributed by atoms with Crippen LogP contribution in [0, 0.1) is 6.92 Å². The molecule has 0 radical (unpaired) electrons. The Bertz CT molecular complexity index is 2560. The van der Waals surface area contributed by atoms with Crippen LogP contribution >= 0.6 is 11.6 Å². The van der Waals surface area contributed by atoms with E-state index in [0.717, 1.165) is 54.9 Å². The molecule has 66 heavy (non-hydrogen) atoms. The normalized spacial score (nSPS) is 13.6. The summed E-state index contributed by atoms with van der Waals surface area (Å²) in [5.74, 6) is 1.21. The summed E-state index contributed by atoms with van der Waals surface area (Å²) in [7, 11) is -1.51. The number of pyridine rings is 2. The van der Waals surface area contributed by atoms with Crippen molar-refractivity contribution in [3.05, 3.63) is 143 Å². The fraction of sp³-hybridized carbons (Fsp3) is 0.250. The van der Waals surface area contributed by atoms with Crippen molar-refractivity contribution in [3.63, 3.8) is 0 Å². The van der Waals surface area contributed by atoms with Gasteiger partial charge in [-0.15, -0.1) is 13.2 Å². The number of halogens is 4. The van der Waals surface area contributed by atoms with E-state index in [1.807, 2.05) is 36.4 Å². The van der Waals surface area contributed by atoms with Crippen molar-refractivity contribution in [1.82, 2.24) is 9.97 Å². The lowest BCUT2D eigenvalue weighted by Gasteiger charge is -2.28. The largest absolute Gasteiger partial charge is 0.573 e. The van der Waals surface area contributed by atoms with E-state index in [0.29, 0.717) is 65.1 Å². The summed E-state index contributed by atoms with van der Waals surface area (Å²) < 4.78 is 52.0. The Morgan fingerprint density at radius 1 is 0.667 bits per heavy atom. The van der Waals surface area contributed by atoms with Gasteiger partial charge in [-0.1, -0.05) is 71.8 Å². The second-order valence-corrected chi connectivity index (χ2v) is 15.6. The molecule has 2 aromatic heterocycles. The van der Waals surface area contributed by atoms with Crippen LogP contribution in [0.5, 0.6) is 5.75 Å². The van der Waals surface area contributed by atoms with Gasteiger partial charge in [-0.2, -0.15) is 0 Å². The Labute approximate surface area is 386 Å². The van der Waals surface area contributed by atoms with Crippen LogP contribution in [0.4, 0.5) is 47.6 Å². The molecule has 2 aliphatic rings. The van der Waals surface area contributed by atoms with E-state index >= 15 is 0 Å². The Morgan fingerprint density at radius 3 is 1.70 bits per heavy atom. The first kappa shape index (κ1) is 48.9. The van der Waals surface area contributed by atoms with E-state index in [1.54, 1.807) is 30.3 Å². The molecule has 4 heterocycles. The zero-order valence-electron chi connectivity index (χ0n) is 36.5. The number of hydrogen-bond acceptors (Lipinski definition) is 13. The van der Waals surface area contributed by atoms with Crippen molar-refractivity contribution >= 4 is 70.1 Å². The highest BCUT2D eigenvalue weighted by Crippen LogP contribution is 2.31. The molecule has 2 fully saturated rings. The monoisotopic (exact) mass is 924 g/mol. The summed E-state index contributed by atoms with van der Waals surface area (Å²) >= 11 is 6.15. The van der Waals surface area contributed by atoms with E-state index in [9.17, 15) is 22.8 Å². The molecule has 0 bridgehead atoms. The van der Waals surface area contributed by atoms with Gasteiger partial charge in [0.1, 0.15) is 22.5 Å². The number of anilines is 6. The van der Waals surface area contributed by atoms with Crippen molar-refractivity contribution in [3.8, 4) is 17.0 Å². The minimum Gasteiger partial charge on any atom is -0.423 e. The zero-order chi connectivity index (χ0) is 47.2. The van der Waals surface area contributed by atoms with E-state index in [1.165, 1.54) is 49.7 Å². The van der Waals surface area contributed by atoms with Gasteiger partial charge >= 0.3 is 13.5 Å². The third-order valence-electron chi connectivity index (χ3n) is 10.1. The van der Waals surface area contributed by atoms with Gasteiger partial charge in [0.15, 0.2) is 11.6 Å². The van der Waals surface area contributed by atoms with E-state index in [4.69, 9.17) is 36.1 Å². The maximum absolute atomic E-state index is 12.4. The second kappa shape index (κ2) is 23.1. The van der Waals surface area contributed by atoms with Crippen LogP contribution in [0.3, 0.4) is 0 Å². The molecule has 0 saturated carbocycles. The lowest BCUT2D eigenvalue weighted by molar-refractivity contribution is -0.274. The van der Waals surface area contributed by atoms with Crippen molar-refractivity contribution in [2.45, 2.75) is 27.1 Å². The number of carbonyl (C=O) groups excluding carboxylic acids is 2. The molecule has 0 spiro atoms. The predicted molar refractivity (Wildman–Crippen MR) is 252 cm³/mol. The number of carbonyl (C=O) groups is 2. The fourth-order valence-electron chi connectivity index (χ4n) is 6.73. The summed E-state index contributed by atoms with van der Waals surface area (Å²) in [5.41, 5.74) is 7.38. The average Bonchev–Trinajstić information content (AvgIpc) is 3.31. The van der Waals surface area contributed by atoms with Gasteiger partial charge in [0.05, 0.1) is 32.1 Å². The Kier molecular flexibility index (Phi) is 17.1. The lowest BCUT2D eigenvalue weighted by Crippen LogP contribution is -2.36. The number of Topliss-reactive ketones (excluding diaryl/α,β-unsaturated/α-hetero) is 2. The minimum atomic E-state index is -4.74. The Balaban J connectivity index is 0.000000185. The van der Waals surface area contributed by atoms with Crippen LogP contribution in [0.25, 0.3) is 11.3 Å². The van der Waals surface area contributed by atoms with Gasteiger partial charge in [0.2, 0.25) is 0 Å². The van der Waals surface area contributed by atoms with Crippen LogP contribution in [0.2, 0.25) is 5.15 Å². The minimum absolute atomic E-state index is 0.0410. The van der Waals surface area contributed by atoms with E-state index in [-0.39, 0.29) is 17.3 Å². The average molecular weight is 925 g/mol. The van der Waals surface area contributed by atoms with Crippen molar-refractivity contribution in [2.75, 3.05) is 73.0 Å². The van der Waals surface area contributed by atoms with Crippen LogP contribution in [-0.2, 0) is 9.47 Å². The fourth-order valence-corrected chi connectivity index (χ4v) is 6.93. The molecule has 2 saturated heterocycles. The quantitative estimate of drug-likeness (QED) is 0.0557. The van der Waals surface area contributed by atoms with Crippen molar-refractivity contribution in [2.24, 2.45) is 0 Å². The third-order valence-corrected chi connectivity index (χ3v) is 10.3. The first-order valence-electron chi connectivity index (χ1n) is 21.0. The Hall–Kier alpha value is -6.50. The first-order valence-corrected chi connectivity index (χ1v) is 21.4. The van der Waals surface area contributed by atoms with Gasteiger partial charge < -0.3 is 44.7 Å². The third kappa shape index (κ3) is 15.0. The van der Waals surface area contributed by atoms with Crippen molar-refractivity contribution in [1.29, 1.82) is 0 Å². The number of ether oxygens (including phenoxy) is 3. The summed E-state index contributed by atoms with van der Waals surface area (Å²) in [4.78, 5) is 36.2. The number of hydrogen-bond donors (Lipinski definition) is 4. The number of ketones is 2. The molecule has 4 aromatic carbocycles. The molecule has 0 unspecified atom stereocenters. The molecule has 2 aliphatic heterocycles. The summed E-state index contributed by atoms with van der Waals surface area (Å²) in [6, 6.07) is 34.8. The number of nitrogens with one attached hydrogen (secondary N) is 2. The van der Waals surface area contributed by atoms with Gasteiger partial charge in [-0.3, -0.25) is 9.59 Å². The Morgan fingerprint density at radius 2 is 1.17 bits per heavy atom. The molecule has 6 aromatic rings. The molecule has 0 atom stereocenters. The highest BCUT2D eigenvalue weighted by atomic mass is 35.5. The second-order valence-electron chi connectivity index (χ2n) is 15.2. The SMILES string of the molecule is CC(=O)c1cccc(-c2cc(Nc3ccc(OC(F)(F)F)cc3)cc(N3CCOCC3)n2)c1.CC(=O)c1cccc(B(O)O)c1.Cc1ccc(Nc2cc(Cl)nc(N3CCOCC3)c2)cc1. The molecule has 8 rings (SSSR count). The number of aryl methyl sites for hydroxylation is 1. The summed E-state index contributed by atoms with van der Waals surface area (Å²) in [6.07, 6.45) is -4.74. The maximum atomic E-state index is 12.4. The van der Waals surface area contributed by atoms with E-state index in [2.05, 4.69) is 61.3 Å². The molecule has 13 nitrogen and oxygen atoms in total. The van der Waals surface area contributed by atoms with Gasteiger partial charge in [0.25, 0.3) is 0 Å². The van der Waals surface area contributed by atoms with Crippen LogP contribution in [0.1, 0.15) is 40.1 Å². The summed E-state index contributed by atoms with van der Waals surface area (Å²) in [5, 5.41) is 24.6. The molecule has 18 heteroatoms. The molecule has 0 aliphatic carbocycles. The van der Waals surface area contributed by atoms with E-state index < -0.39 is 13.5 Å².